The molecule has 23 heavy (non-hydrogen) atoms. The predicted molar refractivity (Wildman–Crippen MR) is 67.0 cm³/mol. The average Bonchev–Trinajstić information content (AvgIpc) is 2.26. The summed E-state index contributed by atoms with van der Waals surface area (Å²) < 4.78 is 44.2. The third kappa shape index (κ3) is 10.3. The second kappa shape index (κ2) is 8.23. The first kappa shape index (κ1) is 22.8. The third-order valence-electron chi connectivity index (χ3n) is 1.91. The van der Waals surface area contributed by atoms with Crippen LogP contribution in [-0.2, 0) is 32.1 Å². The number of aliphatic hydroxyl groups excluding tert-OH is 1. The van der Waals surface area contributed by atoms with Crippen LogP contribution < -0.4 is 5.73 Å². The largest absolute Gasteiger partial charge is 0.470 e. The zero-order valence-electron chi connectivity index (χ0n) is 10.8. The van der Waals surface area contributed by atoms with Crippen LogP contribution in [0.2, 0.25) is 0 Å². The summed E-state index contributed by atoms with van der Waals surface area (Å²) in [7, 11) is -16.3. The quantitative estimate of drug-likeness (QED) is 0.167. The normalized spacial score (nSPS) is 17.5. The number of aliphatic hydroxyl groups is 1. The highest BCUT2D eigenvalue weighted by Crippen LogP contribution is 2.46. The van der Waals surface area contributed by atoms with Crippen LogP contribution in [0.5, 0.6) is 0 Å². The highest BCUT2D eigenvalue weighted by molar-refractivity contribution is 7.47. The number of hydrogen-bond acceptors (Lipinski definition) is 8. The molecular weight excluding hydrogens is 391 g/mol. The van der Waals surface area contributed by atoms with Crippen molar-refractivity contribution in [1.29, 1.82) is 0 Å². The highest BCUT2D eigenvalue weighted by atomic mass is 31.2. The maximum absolute atomic E-state index is 11.2. The molecule has 0 fully saturated rings. The molecule has 0 bridgehead atoms. The Morgan fingerprint density at radius 3 is 1.52 bits per heavy atom. The van der Waals surface area contributed by atoms with E-state index in [1.165, 1.54) is 0 Å². The van der Waals surface area contributed by atoms with Gasteiger partial charge in [-0.1, -0.05) is 0 Å². The maximum Gasteiger partial charge on any atom is 0.470 e. The van der Waals surface area contributed by atoms with Gasteiger partial charge < -0.3 is 40.2 Å². The molecule has 0 aliphatic heterocycles. The number of rotatable bonds is 10. The Morgan fingerprint density at radius 1 is 0.870 bits per heavy atom. The lowest BCUT2D eigenvalue weighted by molar-refractivity contribution is -0.136. The monoisotopic (exact) mass is 405 g/mol. The van der Waals surface area contributed by atoms with Crippen molar-refractivity contribution >= 4 is 29.4 Å². The molecule has 0 aromatic carbocycles. The Morgan fingerprint density at radius 2 is 1.26 bits per heavy atom. The first-order chi connectivity index (χ1) is 10.1. The van der Waals surface area contributed by atoms with Crippen molar-refractivity contribution in [3.63, 3.8) is 0 Å². The van der Waals surface area contributed by atoms with Crippen LogP contribution in [0.15, 0.2) is 0 Å². The van der Waals surface area contributed by atoms with Crippen molar-refractivity contribution in [2.45, 2.75) is 18.3 Å². The van der Waals surface area contributed by atoms with Crippen LogP contribution in [-0.4, -0.2) is 65.3 Å². The van der Waals surface area contributed by atoms with Crippen molar-refractivity contribution in [1.82, 2.24) is 0 Å². The van der Waals surface area contributed by atoms with E-state index in [4.69, 9.17) is 40.2 Å². The van der Waals surface area contributed by atoms with Crippen LogP contribution >= 0.6 is 23.5 Å². The summed E-state index contributed by atoms with van der Waals surface area (Å²) in [6.45, 7) is -1.40. The number of amides is 1. The summed E-state index contributed by atoms with van der Waals surface area (Å²) in [6, 6.07) is 0. The topological polar surface area (TPSA) is 264 Å². The van der Waals surface area contributed by atoms with Crippen molar-refractivity contribution in [2.75, 3.05) is 6.61 Å². The molecule has 0 heterocycles. The van der Waals surface area contributed by atoms with Crippen molar-refractivity contribution < 1.29 is 66.5 Å². The van der Waals surface area contributed by atoms with E-state index in [-0.39, 0.29) is 0 Å². The van der Waals surface area contributed by atoms with E-state index in [0.29, 0.717) is 0 Å². The number of hydrogen-bond donors (Lipinski definition) is 8. The lowest BCUT2D eigenvalue weighted by atomic mass is 10.1. The molecule has 138 valence electrons. The van der Waals surface area contributed by atoms with Gasteiger partial charge in [0.15, 0.2) is 6.10 Å². The van der Waals surface area contributed by atoms with Gasteiger partial charge in [0.2, 0.25) is 5.91 Å². The smallest absolute Gasteiger partial charge is 0.394 e. The molecule has 0 aliphatic rings. The Bertz CT molecular complexity index is 545. The minimum absolute atomic E-state index is 1.40. The van der Waals surface area contributed by atoms with E-state index in [9.17, 15) is 18.5 Å². The summed E-state index contributed by atoms with van der Waals surface area (Å²) in [5.41, 5.74) is 4.75. The lowest BCUT2D eigenvalue weighted by Crippen LogP contribution is -2.49. The zero-order valence-corrected chi connectivity index (χ0v) is 13.5. The molecule has 15 nitrogen and oxygen atoms in total. The molecule has 0 spiro atoms. The zero-order chi connectivity index (χ0) is 18.6. The molecule has 3 unspecified atom stereocenters. The van der Waals surface area contributed by atoms with Crippen molar-refractivity contribution in [2.24, 2.45) is 5.73 Å². The summed E-state index contributed by atoms with van der Waals surface area (Å²) in [4.78, 5) is 63.2. The second-order valence-corrected chi connectivity index (χ2v) is 7.37. The number of phosphoric acid groups is 3. The van der Waals surface area contributed by atoms with E-state index >= 15 is 0 Å². The molecule has 3 atom stereocenters. The molecular formula is C5H14NO14P3. The number of nitrogens with two attached hydrogens (primary N) is 1. The van der Waals surface area contributed by atoms with Gasteiger partial charge in [-0.25, -0.2) is 13.7 Å². The fourth-order valence-electron chi connectivity index (χ4n) is 1.27. The van der Waals surface area contributed by atoms with Crippen LogP contribution in [0.1, 0.15) is 0 Å². The molecule has 0 rings (SSSR count). The molecule has 0 aromatic heterocycles. The summed E-state index contributed by atoms with van der Waals surface area (Å²) in [5, 5.41) is 8.98. The Labute approximate surface area is 127 Å². The molecule has 0 aliphatic carbocycles. The van der Waals surface area contributed by atoms with E-state index in [1.807, 2.05) is 0 Å². The van der Waals surface area contributed by atoms with Gasteiger partial charge >= 0.3 is 23.5 Å². The van der Waals surface area contributed by atoms with Gasteiger partial charge in [-0.05, 0) is 0 Å². The van der Waals surface area contributed by atoms with Gasteiger partial charge in [-0.2, -0.15) is 0 Å². The first-order valence-corrected chi connectivity index (χ1v) is 9.77. The van der Waals surface area contributed by atoms with Gasteiger partial charge in [-0.3, -0.25) is 18.4 Å². The molecule has 0 radical (unpaired) electrons. The van der Waals surface area contributed by atoms with Crippen LogP contribution in [0.3, 0.4) is 0 Å². The molecule has 1 amide bonds. The van der Waals surface area contributed by atoms with E-state index < -0.39 is 54.3 Å². The standard InChI is InChI=1S/C5H14NO14P3/c6-5(8)4(20-23(15,16)17)3(19-22(12,13)14)2(1-7)18-21(9,10)11/h2-4,7H,1H2,(H2,6,8)(H2,9,10,11)(H2,12,13,14)(H2,15,16,17). The van der Waals surface area contributed by atoms with Gasteiger partial charge in [0, 0.05) is 0 Å². The first-order valence-electron chi connectivity index (χ1n) is 5.18. The number of primary amides is 1. The highest BCUT2D eigenvalue weighted by Gasteiger charge is 2.45. The van der Waals surface area contributed by atoms with Crippen LogP contribution in [0.4, 0.5) is 0 Å². The Kier molecular flexibility index (Phi) is 8.14. The molecule has 0 saturated heterocycles. The van der Waals surface area contributed by atoms with Gasteiger partial charge in [0.25, 0.3) is 0 Å². The summed E-state index contributed by atoms with van der Waals surface area (Å²) in [5.74, 6) is -1.74. The minimum Gasteiger partial charge on any atom is -0.394 e. The SMILES string of the molecule is NC(=O)C(OP(=O)(O)O)C(OP(=O)(O)O)C(CO)OP(=O)(O)O. The van der Waals surface area contributed by atoms with E-state index in [0.717, 1.165) is 0 Å². The van der Waals surface area contributed by atoms with Crippen LogP contribution in [0.25, 0.3) is 0 Å². The second-order valence-electron chi connectivity index (χ2n) is 3.80. The Balaban J connectivity index is 5.79. The fraction of sp³-hybridized carbons (Fsp3) is 0.800. The number of carbonyl (C=O) groups is 1. The lowest BCUT2D eigenvalue weighted by Gasteiger charge is -2.30. The van der Waals surface area contributed by atoms with E-state index in [1.54, 1.807) is 0 Å². The molecule has 0 aromatic rings. The summed E-state index contributed by atoms with van der Waals surface area (Å²) in [6.07, 6.45) is -7.54. The minimum atomic E-state index is -5.50. The number of phosphoric ester groups is 3. The Hall–Kier alpha value is -0.240. The molecule has 9 N–H and O–H groups in total. The summed E-state index contributed by atoms with van der Waals surface area (Å²) >= 11 is 0. The predicted octanol–water partition coefficient (Wildman–Crippen LogP) is -3.10. The van der Waals surface area contributed by atoms with Gasteiger partial charge in [0.05, 0.1) is 6.61 Å². The fourth-order valence-corrected chi connectivity index (χ4v) is 2.89. The average molecular weight is 405 g/mol. The maximum atomic E-state index is 11.2. The van der Waals surface area contributed by atoms with E-state index in [2.05, 4.69) is 13.6 Å². The van der Waals surface area contributed by atoms with Gasteiger partial charge in [-0.15, -0.1) is 0 Å². The van der Waals surface area contributed by atoms with Crippen molar-refractivity contribution in [3.05, 3.63) is 0 Å². The van der Waals surface area contributed by atoms with Gasteiger partial charge in [0.1, 0.15) is 12.2 Å². The number of carbonyl (C=O) groups excluding carboxylic acids is 1. The molecule has 18 heteroatoms. The third-order valence-corrected chi connectivity index (χ3v) is 3.47. The van der Waals surface area contributed by atoms with Crippen LogP contribution in [0, 0.1) is 0 Å². The van der Waals surface area contributed by atoms with Crippen molar-refractivity contribution in [3.8, 4) is 0 Å². The molecule has 0 saturated carbocycles.